The van der Waals surface area contributed by atoms with Crippen molar-refractivity contribution >= 4 is 11.4 Å². The van der Waals surface area contributed by atoms with Gasteiger partial charge in [0.2, 0.25) is 0 Å². The summed E-state index contributed by atoms with van der Waals surface area (Å²) in [4.78, 5) is 2.30. The van der Waals surface area contributed by atoms with Crippen LogP contribution in [-0.2, 0) is 11.2 Å². The molecule has 1 aromatic carbocycles. The molecular weight excluding hydrogens is 266 g/mol. The van der Waals surface area contributed by atoms with Gasteiger partial charge in [-0.05, 0) is 32.0 Å². The van der Waals surface area contributed by atoms with Crippen molar-refractivity contribution in [2.75, 3.05) is 50.0 Å². The van der Waals surface area contributed by atoms with Crippen molar-refractivity contribution in [3.63, 3.8) is 0 Å². The number of ether oxygens (including phenoxy) is 2. The first-order chi connectivity index (χ1) is 10.3. The maximum Gasteiger partial charge on any atom is 0.125 e. The van der Waals surface area contributed by atoms with Gasteiger partial charge >= 0.3 is 0 Å². The molecular formula is C16H23N3O2. The van der Waals surface area contributed by atoms with Crippen LogP contribution in [0.3, 0.4) is 0 Å². The van der Waals surface area contributed by atoms with E-state index in [1.54, 1.807) is 0 Å². The summed E-state index contributed by atoms with van der Waals surface area (Å²) in [6.45, 7) is 5.43. The predicted molar refractivity (Wildman–Crippen MR) is 83.1 cm³/mol. The highest BCUT2D eigenvalue weighted by molar-refractivity contribution is 5.72. The Morgan fingerprint density at radius 3 is 2.67 bits per heavy atom. The Morgan fingerprint density at radius 1 is 1.14 bits per heavy atom. The van der Waals surface area contributed by atoms with Crippen LogP contribution in [0.25, 0.3) is 0 Å². The monoisotopic (exact) mass is 289 g/mol. The summed E-state index contributed by atoms with van der Waals surface area (Å²) in [6.07, 6.45) is 3.15. The maximum atomic E-state index is 6.37. The second kappa shape index (κ2) is 5.07. The molecule has 1 spiro atoms. The van der Waals surface area contributed by atoms with Crippen LogP contribution in [0, 0.1) is 0 Å². The summed E-state index contributed by atoms with van der Waals surface area (Å²) in [5, 5.41) is 3.41. The molecule has 0 atom stereocenters. The van der Waals surface area contributed by atoms with Gasteiger partial charge in [-0.15, -0.1) is 0 Å². The number of morpholine rings is 1. The molecule has 0 amide bonds. The van der Waals surface area contributed by atoms with Gasteiger partial charge in [-0.25, -0.2) is 0 Å². The zero-order chi connectivity index (χ0) is 14.3. The Morgan fingerprint density at radius 2 is 1.90 bits per heavy atom. The largest absolute Gasteiger partial charge is 0.486 e. The van der Waals surface area contributed by atoms with E-state index in [9.17, 15) is 0 Å². The number of benzene rings is 1. The number of hydrogen-bond acceptors (Lipinski definition) is 5. The van der Waals surface area contributed by atoms with Gasteiger partial charge in [0, 0.05) is 31.1 Å². The van der Waals surface area contributed by atoms with Gasteiger partial charge in [0.15, 0.2) is 0 Å². The van der Waals surface area contributed by atoms with E-state index in [0.717, 1.165) is 75.8 Å². The normalized spacial score (nSPS) is 23.9. The predicted octanol–water partition coefficient (Wildman–Crippen LogP) is 1.16. The van der Waals surface area contributed by atoms with Gasteiger partial charge in [0.05, 0.1) is 24.6 Å². The number of piperidine rings is 1. The number of fused-ring (bicyclic) bond motifs is 1. The molecule has 4 rings (SSSR count). The van der Waals surface area contributed by atoms with E-state index in [0.29, 0.717) is 0 Å². The second-order valence-electron chi connectivity index (χ2n) is 6.33. The molecule has 5 nitrogen and oxygen atoms in total. The van der Waals surface area contributed by atoms with E-state index in [2.05, 4.69) is 22.3 Å². The smallest absolute Gasteiger partial charge is 0.125 e. The summed E-state index contributed by atoms with van der Waals surface area (Å²) < 4.78 is 11.8. The van der Waals surface area contributed by atoms with Crippen molar-refractivity contribution in [2.45, 2.75) is 24.9 Å². The van der Waals surface area contributed by atoms with E-state index >= 15 is 0 Å². The second-order valence-corrected chi connectivity index (χ2v) is 6.33. The molecule has 2 saturated heterocycles. The molecule has 0 aliphatic carbocycles. The third-order valence-corrected chi connectivity index (χ3v) is 4.92. The number of nitrogens with two attached hydrogens (primary N) is 1. The fourth-order valence-corrected chi connectivity index (χ4v) is 3.72. The van der Waals surface area contributed by atoms with Gasteiger partial charge in [0.1, 0.15) is 11.4 Å². The van der Waals surface area contributed by atoms with Crippen molar-refractivity contribution < 1.29 is 9.47 Å². The van der Waals surface area contributed by atoms with Crippen molar-refractivity contribution in [1.29, 1.82) is 0 Å². The Kier molecular flexibility index (Phi) is 3.19. The SMILES string of the molecule is Nc1cc2c(cc1N1CCOCC1)OC1(CCNCC1)C2. The van der Waals surface area contributed by atoms with Gasteiger partial charge in [-0.3, -0.25) is 0 Å². The minimum Gasteiger partial charge on any atom is -0.486 e. The van der Waals surface area contributed by atoms with Gasteiger partial charge in [0.25, 0.3) is 0 Å². The van der Waals surface area contributed by atoms with Crippen molar-refractivity contribution in [1.82, 2.24) is 5.32 Å². The highest BCUT2D eigenvalue weighted by atomic mass is 16.5. The lowest BCUT2D eigenvalue weighted by Crippen LogP contribution is -2.45. The minimum absolute atomic E-state index is 0.00363. The number of rotatable bonds is 1. The van der Waals surface area contributed by atoms with E-state index in [-0.39, 0.29) is 5.60 Å². The van der Waals surface area contributed by atoms with E-state index in [4.69, 9.17) is 15.2 Å². The first-order valence-electron chi connectivity index (χ1n) is 7.91. The average Bonchev–Trinajstić information content (AvgIpc) is 2.84. The number of nitrogens with zero attached hydrogens (tertiary/aromatic N) is 1. The topological polar surface area (TPSA) is 59.8 Å². The van der Waals surface area contributed by atoms with E-state index in [1.807, 2.05) is 0 Å². The molecule has 1 aromatic rings. The molecule has 3 heterocycles. The molecule has 2 fully saturated rings. The maximum absolute atomic E-state index is 6.37. The van der Waals surface area contributed by atoms with E-state index in [1.165, 1.54) is 5.56 Å². The van der Waals surface area contributed by atoms with Crippen molar-refractivity contribution in [3.05, 3.63) is 17.7 Å². The molecule has 3 N–H and O–H groups in total. The lowest BCUT2D eigenvalue weighted by atomic mass is 9.88. The van der Waals surface area contributed by atoms with Gasteiger partial charge in [-0.1, -0.05) is 0 Å². The number of nitrogens with one attached hydrogen (secondary N) is 1. The average molecular weight is 289 g/mol. The highest BCUT2D eigenvalue weighted by Crippen LogP contribution is 2.43. The summed E-state index contributed by atoms with van der Waals surface area (Å²) in [5.74, 6) is 1.03. The summed E-state index contributed by atoms with van der Waals surface area (Å²) >= 11 is 0. The van der Waals surface area contributed by atoms with Crippen molar-refractivity contribution in [3.8, 4) is 5.75 Å². The Balaban J connectivity index is 1.62. The number of anilines is 2. The van der Waals surface area contributed by atoms with E-state index < -0.39 is 0 Å². The van der Waals surface area contributed by atoms with Gasteiger partial charge in [-0.2, -0.15) is 0 Å². The number of nitrogen functional groups attached to an aromatic ring is 1. The molecule has 0 radical (unpaired) electrons. The van der Waals surface area contributed by atoms with Crippen LogP contribution in [-0.4, -0.2) is 45.0 Å². The lowest BCUT2D eigenvalue weighted by Gasteiger charge is -2.33. The fourth-order valence-electron chi connectivity index (χ4n) is 3.72. The molecule has 0 bridgehead atoms. The van der Waals surface area contributed by atoms with Crippen LogP contribution in [0.5, 0.6) is 5.75 Å². The molecule has 21 heavy (non-hydrogen) atoms. The van der Waals surface area contributed by atoms with Crippen LogP contribution in [0.1, 0.15) is 18.4 Å². The van der Waals surface area contributed by atoms with Crippen LogP contribution >= 0.6 is 0 Å². The molecule has 5 heteroatoms. The van der Waals surface area contributed by atoms with Gasteiger partial charge < -0.3 is 25.4 Å². The summed E-state index contributed by atoms with van der Waals surface area (Å²) in [7, 11) is 0. The third kappa shape index (κ3) is 2.34. The van der Waals surface area contributed by atoms with Crippen LogP contribution in [0.15, 0.2) is 12.1 Å². The molecule has 0 unspecified atom stereocenters. The first-order valence-corrected chi connectivity index (χ1v) is 7.91. The lowest BCUT2D eigenvalue weighted by molar-refractivity contribution is 0.0600. The van der Waals surface area contributed by atoms with Crippen LogP contribution in [0.4, 0.5) is 11.4 Å². The Bertz CT molecular complexity index is 535. The quantitative estimate of drug-likeness (QED) is 0.760. The van der Waals surface area contributed by atoms with Crippen molar-refractivity contribution in [2.24, 2.45) is 0 Å². The third-order valence-electron chi connectivity index (χ3n) is 4.92. The minimum atomic E-state index is 0.00363. The zero-order valence-electron chi connectivity index (χ0n) is 12.4. The Hall–Kier alpha value is -1.46. The molecule has 0 aromatic heterocycles. The Labute approximate surface area is 125 Å². The van der Waals surface area contributed by atoms with Crippen LogP contribution in [0.2, 0.25) is 0 Å². The fraction of sp³-hybridized carbons (Fsp3) is 0.625. The summed E-state index contributed by atoms with van der Waals surface area (Å²) in [6, 6.07) is 4.27. The highest BCUT2D eigenvalue weighted by Gasteiger charge is 2.40. The molecule has 114 valence electrons. The number of hydrogen-bond donors (Lipinski definition) is 2. The molecule has 3 aliphatic rings. The van der Waals surface area contributed by atoms with Crippen LogP contribution < -0.4 is 20.7 Å². The molecule has 3 aliphatic heterocycles. The first kappa shape index (κ1) is 13.2. The molecule has 0 saturated carbocycles. The standard InChI is InChI=1S/C16H23N3O2/c17-13-9-12-11-16(1-3-18-4-2-16)21-15(12)10-14(13)19-5-7-20-8-6-19/h9-10,18H,1-8,11,17H2. The summed E-state index contributed by atoms with van der Waals surface area (Å²) in [5.41, 5.74) is 9.53. The zero-order valence-corrected chi connectivity index (χ0v) is 12.4.